The molecule has 1 aliphatic rings. The van der Waals surface area contributed by atoms with Gasteiger partial charge in [0.2, 0.25) is 5.91 Å². The number of carbonyl (C=O) groups is 1. The van der Waals surface area contributed by atoms with Gasteiger partial charge < -0.3 is 24.7 Å². The number of thiocarbonyl (C=S) groups is 1. The van der Waals surface area contributed by atoms with Gasteiger partial charge in [-0.05, 0) is 54.7 Å². The van der Waals surface area contributed by atoms with E-state index in [9.17, 15) is 14.9 Å². The highest BCUT2D eigenvalue weighted by atomic mass is 35.5. The normalized spacial score (nSPS) is 16.7. The van der Waals surface area contributed by atoms with Crippen LogP contribution in [0.1, 0.15) is 23.5 Å². The molecular formula is C27H22ClN5O5S. The van der Waals surface area contributed by atoms with Crippen LogP contribution in [-0.4, -0.2) is 34.6 Å². The molecule has 5 rings (SSSR count). The number of carbonyl (C=O) groups excluding carboxylic acids is 1. The van der Waals surface area contributed by atoms with Gasteiger partial charge in [0.25, 0.3) is 5.69 Å². The minimum atomic E-state index is -0.468. The number of hydrogen-bond donors (Lipinski definition) is 2. The summed E-state index contributed by atoms with van der Waals surface area (Å²) in [7, 11) is 1.43. The second-order valence-corrected chi connectivity index (χ2v) is 9.45. The van der Waals surface area contributed by atoms with Crippen molar-refractivity contribution in [2.75, 3.05) is 23.9 Å². The number of amides is 1. The van der Waals surface area contributed by atoms with Gasteiger partial charge in [0.15, 0.2) is 5.11 Å². The van der Waals surface area contributed by atoms with Gasteiger partial charge in [-0.1, -0.05) is 29.8 Å². The van der Waals surface area contributed by atoms with Crippen LogP contribution in [0.5, 0.6) is 0 Å². The van der Waals surface area contributed by atoms with E-state index < -0.39 is 11.0 Å². The first-order valence-electron chi connectivity index (χ1n) is 11.8. The van der Waals surface area contributed by atoms with Crippen molar-refractivity contribution in [2.24, 2.45) is 0 Å². The van der Waals surface area contributed by atoms with E-state index in [1.165, 1.54) is 19.2 Å². The smallest absolute Gasteiger partial charge is 0.270 e. The van der Waals surface area contributed by atoms with E-state index in [1.54, 1.807) is 42.6 Å². The maximum atomic E-state index is 12.0. The number of aromatic nitrogens is 1. The van der Waals surface area contributed by atoms with Crippen LogP contribution in [0.3, 0.4) is 0 Å². The van der Waals surface area contributed by atoms with Gasteiger partial charge in [-0.15, -0.1) is 0 Å². The molecule has 10 nitrogen and oxygen atoms in total. The van der Waals surface area contributed by atoms with Crippen LogP contribution in [0.25, 0.3) is 11.3 Å². The zero-order chi connectivity index (χ0) is 27.5. The first kappa shape index (κ1) is 26.3. The molecule has 0 spiro atoms. The van der Waals surface area contributed by atoms with Crippen molar-refractivity contribution >= 4 is 51.9 Å². The Kier molecular flexibility index (Phi) is 7.55. The average molecular weight is 564 g/mol. The lowest BCUT2D eigenvalue weighted by atomic mass is 10.0. The number of furan rings is 1. The van der Waals surface area contributed by atoms with Crippen LogP contribution in [-0.2, 0) is 9.53 Å². The predicted octanol–water partition coefficient (Wildman–Crippen LogP) is 5.67. The van der Waals surface area contributed by atoms with Crippen molar-refractivity contribution < 1.29 is 18.9 Å². The van der Waals surface area contributed by atoms with E-state index in [1.807, 2.05) is 29.2 Å². The van der Waals surface area contributed by atoms with Crippen molar-refractivity contribution in [3.8, 4) is 11.3 Å². The number of benzene rings is 2. The molecule has 2 aromatic heterocycles. The molecule has 2 aromatic carbocycles. The summed E-state index contributed by atoms with van der Waals surface area (Å²) in [6, 6.07) is 19.8. The summed E-state index contributed by atoms with van der Waals surface area (Å²) in [4.78, 5) is 29.2. The molecule has 12 heteroatoms. The Balaban J connectivity index is 1.54. The first-order valence-corrected chi connectivity index (χ1v) is 12.6. The maximum Gasteiger partial charge on any atom is 0.270 e. The SMILES string of the molecule is COCC(=O)Nc1ccc(N2C(=S)N[C@H](c3ccccn3)[C@@H]2c2ccc(-c3cccc([N+](=O)[O-])c3)o2)cc1Cl. The van der Waals surface area contributed by atoms with E-state index in [4.69, 9.17) is 33.0 Å². The number of ether oxygens (including phenoxy) is 1. The number of halogens is 1. The molecule has 0 radical (unpaired) electrons. The molecule has 0 unspecified atom stereocenters. The lowest BCUT2D eigenvalue weighted by Crippen LogP contribution is -2.29. The van der Waals surface area contributed by atoms with Crippen molar-refractivity contribution in [3.63, 3.8) is 0 Å². The summed E-state index contributed by atoms with van der Waals surface area (Å²) in [5.41, 5.74) is 2.39. The molecular weight excluding hydrogens is 542 g/mol. The molecule has 198 valence electrons. The van der Waals surface area contributed by atoms with Crippen LogP contribution < -0.4 is 15.5 Å². The lowest BCUT2D eigenvalue weighted by molar-refractivity contribution is -0.384. The highest BCUT2D eigenvalue weighted by Crippen LogP contribution is 2.44. The van der Waals surface area contributed by atoms with Crippen molar-refractivity contribution in [1.29, 1.82) is 0 Å². The highest BCUT2D eigenvalue weighted by molar-refractivity contribution is 7.80. The molecule has 0 bridgehead atoms. The number of rotatable bonds is 8. The standard InChI is InChI=1S/C27H22ClN5O5S/c1-37-15-24(34)30-20-9-8-17(14-19(20)28)32-26(25(31-27(32)39)21-7-2-3-12-29-21)23-11-10-22(38-23)16-5-4-6-18(13-16)33(35)36/h2-14,25-26H,15H2,1H3,(H,30,34)(H,31,39)/t25-,26+/m1/s1. The van der Waals surface area contributed by atoms with Crippen LogP contribution in [0.2, 0.25) is 5.02 Å². The van der Waals surface area contributed by atoms with Crippen molar-refractivity contribution in [3.05, 3.63) is 106 Å². The third-order valence-electron chi connectivity index (χ3n) is 6.14. The number of nitro benzene ring substituents is 1. The monoisotopic (exact) mass is 563 g/mol. The number of methoxy groups -OCH3 is 1. The molecule has 4 aromatic rings. The topological polar surface area (TPSA) is 123 Å². The maximum absolute atomic E-state index is 12.0. The third kappa shape index (κ3) is 5.46. The first-order chi connectivity index (χ1) is 18.9. The number of nitrogens with zero attached hydrogens (tertiary/aromatic N) is 3. The number of non-ortho nitro benzene ring substituents is 1. The summed E-state index contributed by atoms with van der Waals surface area (Å²) >= 11 is 12.3. The fraction of sp³-hybridized carbons (Fsp3) is 0.148. The molecule has 3 heterocycles. The van der Waals surface area contributed by atoms with E-state index in [0.717, 1.165) is 5.69 Å². The van der Waals surface area contributed by atoms with Gasteiger partial charge in [0.1, 0.15) is 24.2 Å². The molecule has 39 heavy (non-hydrogen) atoms. The Hall–Kier alpha value is -4.32. The quantitative estimate of drug-likeness (QED) is 0.159. The van der Waals surface area contributed by atoms with E-state index in [2.05, 4.69) is 15.6 Å². The van der Waals surface area contributed by atoms with Crippen molar-refractivity contribution in [1.82, 2.24) is 10.3 Å². The molecule has 1 aliphatic heterocycles. The largest absolute Gasteiger partial charge is 0.459 e. The second kappa shape index (κ2) is 11.2. The Morgan fingerprint density at radius 2 is 2.05 bits per heavy atom. The fourth-order valence-electron chi connectivity index (χ4n) is 4.43. The predicted molar refractivity (Wildman–Crippen MR) is 151 cm³/mol. The van der Waals surface area contributed by atoms with Crippen LogP contribution in [0.15, 0.2) is 83.4 Å². The van der Waals surface area contributed by atoms with Crippen molar-refractivity contribution in [2.45, 2.75) is 12.1 Å². The Morgan fingerprint density at radius 1 is 1.21 bits per heavy atom. The van der Waals surface area contributed by atoms with Gasteiger partial charge in [0.05, 0.1) is 27.4 Å². The number of hydrogen-bond acceptors (Lipinski definition) is 7. The van der Waals surface area contributed by atoms with E-state index >= 15 is 0 Å². The number of nitro groups is 1. The molecule has 2 atom stereocenters. The lowest BCUT2D eigenvalue weighted by Gasteiger charge is -2.26. The Morgan fingerprint density at radius 3 is 2.77 bits per heavy atom. The number of anilines is 2. The van der Waals surface area contributed by atoms with Gasteiger partial charge in [-0.3, -0.25) is 19.9 Å². The van der Waals surface area contributed by atoms with Gasteiger partial charge >= 0.3 is 0 Å². The minimum Gasteiger partial charge on any atom is -0.459 e. The highest BCUT2D eigenvalue weighted by Gasteiger charge is 2.42. The molecule has 2 N–H and O–H groups in total. The molecule has 1 saturated heterocycles. The van der Waals surface area contributed by atoms with Gasteiger partial charge in [-0.2, -0.15) is 0 Å². The van der Waals surface area contributed by atoms with E-state index in [-0.39, 0.29) is 24.2 Å². The zero-order valence-electron chi connectivity index (χ0n) is 20.5. The fourth-order valence-corrected chi connectivity index (χ4v) is 5.00. The summed E-state index contributed by atoms with van der Waals surface area (Å²) in [5, 5.41) is 18.1. The van der Waals surface area contributed by atoms with Crippen LogP contribution >= 0.6 is 23.8 Å². The van der Waals surface area contributed by atoms with Gasteiger partial charge in [0, 0.05) is 36.7 Å². The van der Waals surface area contributed by atoms with E-state index in [0.29, 0.717) is 38.6 Å². The van der Waals surface area contributed by atoms with Crippen LogP contribution in [0, 0.1) is 10.1 Å². The molecule has 0 saturated carbocycles. The molecule has 0 aliphatic carbocycles. The zero-order valence-corrected chi connectivity index (χ0v) is 22.1. The molecule has 1 amide bonds. The number of nitrogens with one attached hydrogen (secondary N) is 2. The summed E-state index contributed by atoms with van der Waals surface area (Å²) in [6.07, 6.45) is 1.70. The number of pyridine rings is 1. The summed E-state index contributed by atoms with van der Waals surface area (Å²) in [6.45, 7) is -0.0998. The summed E-state index contributed by atoms with van der Waals surface area (Å²) in [5.74, 6) is 0.705. The molecule has 1 fully saturated rings. The second-order valence-electron chi connectivity index (χ2n) is 8.65. The Bertz CT molecular complexity index is 1550. The average Bonchev–Trinajstić information content (AvgIpc) is 3.55. The third-order valence-corrected chi connectivity index (χ3v) is 6.77. The van der Waals surface area contributed by atoms with Crippen LogP contribution in [0.4, 0.5) is 17.1 Å². The Labute approximate surface area is 233 Å². The minimum absolute atomic E-state index is 0.0329. The van der Waals surface area contributed by atoms with Gasteiger partial charge in [-0.25, -0.2) is 0 Å². The summed E-state index contributed by atoms with van der Waals surface area (Å²) < 4.78 is 11.1.